The molecule has 17 heavy (non-hydrogen) atoms. The molecule has 0 saturated carbocycles. The molecule has 1 rings (SSSR count). The van der Waals surface area contributed by atoms with Crippen LogP contribution in [0.3, 0.4) is 0 Å². The number of rotatable bonds is 7. The third kappa shape index (κ3) is 6.41. The van der Waals surface area contributed by atoms with E-state index in [1.807, 2.05) is 30.3 Å². The lowest BCUT2D eigenvalue weighted by atomic mass is 10.0. The van der Waals surface area contributed by atoms with Crippen LogP contribution in [0, 0.1) is 0 Å². The summed E-state index contributed by atoms with van der Waals surface area (Å²) in [7, 11) is -3.84. The van der Waals surface area contributed by atoms with Crippen LogP contribution in [0.25, 0.3) is 0 Å². The minimum Gasteiger partial charge on any atom is -0.388 e. The Morgan fingerprint density at radius 3 is 2.29 bits per heavy atom. The summed E-state index contributed by atoms with van der Waals surface area (Å²) in [5.41, 5.74) is 0.877. The van der Waals surface area contributed by atoms with Crippen LogP contribution >= 0.6 is 0 Å². The quantitative estimate of drug-likeness (QED) is 0.580. The highest BCUT2D eigenvalue weighted by molar-refractivity contribution is 7.85. The minimum absolute atomic E-state index is 0.200. The summed E-state index contributed by atoms with van der Waals surface area (Å²) < 4.78 is 29.4. The van der Waals surface area contributed by atoms with Gasteiger partial charge >= 0.3 is 0 Å². The molecule has 0 saturated heterocycles. The third-order valence-electron chi connectivity index (χ3n) is 2.56. The summed E-state index contributed by atoms with van der Waals surface area (Å²) in [5.74, 6) is -0.200. The van der Waals surface area contributed by atoms with Gasteiger partial charge in [-0.25, -0.2) is 0 Å². The topological polar surface area (TPSA) is 74.6 Å². The van der Waals surface area contributed by atoms with Gasteiger partial charge < -0.3 is 5.11 Å². The van der Waals surface area contributed by atoms with E-state index in [1.54, 1.807) is 0 Å². The van der Waals surface area contributed by atoms with Crippen LogP contribution < -0.4 is 0 Å². The van der Waals surface area contributed by atoms with E-state index < -0.39 is 16.2 Å². The molecule has 0 aromatic heterocycles. The zero-order chi connectivity index (χ0) is 12.7. The van der Waals surface area contributed by atoms with E-state index in [4.69, 9.17) is 4.55 Å². The van der Waals surface area contributed by atoms with Gasteiger partial charge in [0, 0.05) is 0 Å². The smallest absolute Gasteiger partial charge is 0.264 e. The Morgan fingerprint density at radius 1 is 1.06 bits per heavy atom. The molecule has 0 aliphatic heterocycles. The lowest BCUT2D eigenvalue weighted by Crippen LogP contribution is -2.04. The first-order chi connectivity index (χ1) is 7.99. The van der Waals surface area contributed by atoms with Crippen molar-refractivity contribution in [3.63, 3.8) is 0 Å². The predicted molar refractivity (Wildman–Crippen MR) is 66.3 cm³/mol. The molecule has 0 heterocycles. The molecule has 0 radical (unpaired) electrons. The zero-order valence-corrected chi connectivity index (χ0v) is 10.4. The van der Waals surface area contributed by atoms with E-state index >= 15 is 0 Å². The van der Waals surface area contributed by atoms with E-state index in [0.717, 1.165) is 12.0 Å². The van der Waals surface area contributed by atoms with Crippen LogP contribution in [0.5, 0.6) is 0 Å². The van der Waals surface area contributed by atoms with Crippen molar-refractivity contribution in [3.05, 3.63) is 35.9 Å². The van der Waals surface area contributed by atoms with Gasteiger partial charge in [-0.3, -0.25) is 4.55 Å². The average Bonchev–Trinajstić information content (AvgIpc) is 2.28. The van der Waals surface area contributed by atoms with Gasteiger partial charge in [0.05, 0.1) is 11.9 Å². The van der Waals surface area contributed by atoms with E-state index in [2.05, 4.69) is 0 Å². The van der Waals surface area contributed by atoms with Gasteiger partial charge in [-0.1, -0.05) is 43.2 Å². The standard InChI is InChI=1S/C12H18O4S/c13-12(11-7-3-1-4-8-11)9-5-2-6-10-17(14,15)16/h1,3-4,7-8,12-13H,2,5-6,9-10H2,(H,14,15,16)/t12-/m1/s1. The predicted octanol–water partition coefficient (Wildman–Crippen LogP) is 2.17. The molecule has 0 aliphatic rings. The number of unbranched alkanes of at least 4 members (excludes halogenated alkanes) is 2. The van der Waals surface area contributed by atoms with E-state index in [-0.39, 0.29) is 5.75 Å². The number of aliphatic hydroxyl groups excluding tert-OH is 1. The summed E-state index contributed by atoms with van der Waals surface area (Å²) in [6.45, 7) is 0. The van der Waals surface area contributed by atoms with Crippen LogP contribution in [0.1, 0.15) is 37.4 Å². The van der Waals surface area contributed by atoms with Gasteiger partial charge in [-0.15, -0.1) is 0 Å². The Balaban J connectivity index is 2.19. The van der Waals surface area contributed by atoms with Crippen LogP contribution in [0.15, 0.2) is 30.3 Å². The van der Waals surface area contributed by atoms with Crippen molar-refractivity contribution in [1.82, 2.24) is 0 Å². The normalized spacial score (nSPS) is 13.5. The van der Waals surface area contributed by atoms with Crippen molar-refractivity contribution in [2.45, 2.75) is 31.8 Å². The van der Waals surface area contributed by atoms with Crippen LogP contribution in [-0.4, -0.2) is 23.8 Å². The maximum Gasteiger partial charge on any atom is 0.264 e. The molecular weight excluding hydrogens is 240 g/mol. The summed E-state index contributed by atoms with van der Waals surface area (Å²) in [5, 5.41) is 9.81. The van der Waals surface area contributed by atoms with Crippen molar-refractivity contribution in [2.75, 3.05) is 5.75 Å². The summed E-state index contributed by atoms with van der Waals surface area (Å²) in [6, 6.07) is 9.36. The fraction of sp³-hybridized carbons (Fsp3) is 0.500. The van der Waals surface area contributed by atoms with Crippen LogP contribution in [0.4, 0.5) is 0 Å². The van der Waals surface area contributed by atoms with Crippen molar-refractivity contribution in [3.8, 4) is 0 Å². The monoisotopic (exact) mass is 258 g/mol. The molecule has 0 fully saturated rings. The molecule has 5 heteroatoms. The minimum atomic E-state index is -3.84. The van der Waals surface area contributed by atoms with Crippen molar-refractivity contribution >= 4 is 10.1 Å². The van der Waals surface area contributed by atoms with Gasteiger partial charge in [0.15, 0.2) is 0 Å². The number of aliphatic hydroxyl groups is 1. The SMILES string of the molecule is O=S(=O)(O)CCCCC[C@@H](O)c1ccccc1. The molecule has 4 nitrogen and oxygen atoms in total. The maximum absolute atomic E-state index is 10.5. The second-order valence-corrected chi connectivity index (χ2v) is 5.63. The molecule has 0 aliphatic carbocycles. The second kappa shape index (κ2) is 6.74. The van der Waals surface area contributed by atoms with E-state index in [1.165, 1.54) is 0 Å². The zero-order valence-electron chi connectivity index (χ0n) is 9.62. The molecular formula is C12H18O4S. The maximum atomic E-state index is 10.5. The van der Waals surface area contributed by atoms with Crippen LogP contribution in [-0.2, 0) is 10.1 Å². The summed E-state index contributed by atoms with van der Waals surface area (Å²) >= 11 is 0. The fourth-order valence-electron chi connectivity index (χ4n) is 1.64. The molecule has 1 aromatic carbocycles. The first-order valence-corrected chi connectivity index (χ1v) is 7.28. The number of benzene rings is 1. The lowest BCUT2D eigenvalue weighted by Gasteiger charge is -2.10. The molecule has 2 N–H and O–H groups in total. The Bertz CT molecular complexity index is 413. The van der Waals surface area contributed by atoms with Crippen molar-refractivity contribution in [1.29, 1.82) is 0 Å². The molecule has 1 atom stereocenters. The Kier molecular flexibility index (Phi) is 5.61. The highest BCUT2D eigenvalue weighted by Crippen LogP contribution is 2.19. The van der Waals surface area contributed by atoms with Gasteiger partial charge in [-0.05, 0) is 18.4 Å². The van der Waals surface area contributed by atoms with Gasteiger partial charge in [0.2, 0.25) is 0 Å². The van der Waals surface area contributed by atoms with Crippen molar-refractivity contribution in [2.24, 2.45) is 0 Å². The largest absolute Gasteiger partial charge is 0.388 e. The highest BCUT2D eigenvalue weighted by Gasteiger charge is 2.07. The summed E-state index contributed by atoms with van der Waals surface area (Å²) in [4.78, 5) is 0. The molecule has 0 amide bonds. The Hall–Kier alpha value is -0.910. The Labute approximate surface area is 102 Å². The summed E-state index contributed by atoms with van der Waals surface area (Å²) in [6.07, 6.45) is 1.97. The third-order valence-corrected chi connectivity index (χ3v) is 3.37. The molecule has 96 valence electrons. The molecule has 0 unspecified atom stereocenters. The molecule has 0 bridgehead atoms. The highest BCUT2D eigenvalue weighted by atomic mass is 32.2. The van der Waals surface area contributed by atoms with E-state index in [9.17, 15) is 13.5 Å². The van der Waals surface area contributed by atoms with E-state index in [0.29, 0.717) is 19.3 Å². The number of hydrogen-bond donors (Lipinski definition) is 2. The average molecular weight is 258 g/mol. The van der Waals surface area contributed by atoms with Gasteiger partial charge in [0.25, 0.3) is 10.1 Å². The van der Waals surface area contributed by atoms with Gasteiger partial charge in [0.1, 0.15) is 0 Å². The molecule has 1 aromatic rings. The number of hydrogen-bond acceptors (Lipinski definition) is 3. The van der Waals surface area contributed by atoms with Crippen LogP contribution in [0.2, 0.25) is 0 Å². The fourth-order valence-corrected chi connectivity index (χ4v) is 2.21. The van der Waals surface area contributed by atoms with Gasteiger partial charge in [-0.2, -0.15) is 8.42 Å². The Morgan fingerprint density at radius 2 is 1.71 bits per heavy atom. The van der Waals surface area contributed by atoms with Crippen molar-refractivity contribution < 1.29 is 18.1 Å². The molecule has 0 spiro atoms. The lowest BCUT2D eigenvalue weighted by molar-refractivity contribution is 0.163. The first-order valence-electron chi connectivity index (χ1n) is 5.67. The first kappa shape index (κ1) is 14.2. The second-order valence-electron chi connectivity index (χ2n) is 4.06.